The van der Waals surface area contributed by atoms with Gasteiger partial charge in [0.2, 0.25) is 0 Å². The van der Waals surface area contributed by atoms with Gasteiger partial charge in [0.15, 0.2) is 0 Å². The van der Waals surface area contributed by atoms with Gasteiger partial charge in [-0.05, 0) is 32.2 Å². The summed E-state index contributed by atoms with van der Waals surface area (Å²) in [5.41, 5.74) is 0. The largest absolute Gasteiger partial charge is 0.294 e. The molecule has 0 aliphatic rings. The van der Waals surface area contributed by atoms with E-state index in [-0.39, 0.29) is 9.52 Å². The monoisotopic (exact) mass is 244 g/mol. The third kappa shape index (κ3) is 4.56. The van der Waals surface area contributed by atoms with Crippen LogP contribution in [0.4, 0.5) is 0 Å². The van der Waals surface area contributed by atoms with Crippen molar-refractivity contribution < 1.29 is 0 Å². The summed E-state index contributed by atoms with van der Waals surface area (Å²) >= 11 is 0. The molecule has 0 aliphatic heterocycles. The molecule has 0 saturated heterocycles. The molecule has 0 fully saturated rings. The van der Waals surface area contributed by atoms with Gasteiger partial charge in [-0.25, -0.2) is 0 Å². The van der Waals surface area contributed by atoms with Crippen molar-refractivity contribution >= 4 is 9.52 Å². The van der Waals surface area contributed by atoms with Crippen LogP contribution in [0.3, 0.4) is 0 Å². The van der Waals surface area contributed by atoms with E-state index in [2.05, 4.69) is 58.5 Å². The Bertz CT molecular complexity index is 177. The number of nitrogens with zero attached hydrogens (tertiary/aromatic N) is 2. The van der Waals surface area contributed by atoms with Gasteiger partial charge in [0.1, 0.15) is 0 Å². The minimum Gasteiger partial charge on any atom is -0.294 e. The third-order valence-electron chi connectivity index (χ3n) is 3.52. The smallest absolute Gasteiger partial charge is 0.0639 e. The third-order valence-corrected chi connectivity index (χ3v) is 6.24. The first-order valence-corrected chi connectivity index (χ1v) is 8.51. The van der Waals surface area contributed by atoms with Crippen LogP contribution in [0.5, 0.6) is 0 Å². The average Bonchev–Trinajstić information content (AvgIpc) is 2.21. The molecule has 0 bridgehead atoms. The first-order valence-electron chi connectivity index (χ1n) is 6.81. The lowest BCUT2D eigenvalue weighted by molar-refractivity contribution is 0.0574. The Kier molecular flexibility index (Phi) is 7.52. The van der Waals surface area contributed by atoms with Crippen molar-refractivity contribution in [1.29, 1.82) is 0 Å². The molecular formula is C13H32N2Si. The van der Waals surface area contributed by atoms with Crippen molar-refractivity contribution in [2.24, 2.45) is 0 Å². The van der Waals surface area contributed by atoms with Crippen molar-refractivity contribution in [3.05, 3.63) is 0 Å². The Morgan fingerprint density at radius 3 is 1.88 bits per heavy atom. The van der Waals surface area contributed by atoms with Gasteiger partial charge < -0.3 is 0 Å². The summed E-state index contributed by atoms with van der Waals surface area (Å²) in [7, 11) is 4.46. The Hall–Kier alpha value is 0.137. The second kappa shape index (κ2) is 7.46. The molecule has 2 nitrogen and oxygen atoms in total. The Balaban J connectivity index is 4.73. The van der Waals surface area contributed by atoms with E-state index in [1.165, 1.54) is 12.5 Å². The van der Waals surface area contributed by atoms with Gasteiger partial charge in [-0.15, -0.1) is 0 Å². The SMILES string of the molecule is CCC[SiH2]C(C)(C)C(N(C)C)N(CC)CC. The van der Waals surface area contributed by atoms with Gasteiger partial charge in [-0.1, -0.05) is 47.1 Å². The van der Waals surface area contributed by atoms with Crippen LogP contribution in [0.25, 0.3) is 0 Å². The van der Waals surface area contributed by atoms with E-state index in [0.29, 0.717) is 11.2 Å². The van der Waals surface area contributed by atoms with Crippen LogP contribution in [-0.4, -0.2) is 52.7 Å². The zero-order valence-electron chi connectivity index (χ0n) is 12.5. The Labute approximate surface area is 105 Å². The number of rotatable bonds is 8. The van der Waals surface area contributed by atoms with Gasteiger partial charge >= 0.3 is 0 Å². The molecule has 0 aliphatic carbocycles. The zero-order chi connectivity index (χ0) is 12.8. The molecule has 0 amide bonds. The molecule has 0 heterocycles. The van der Waals surface area contributed by atoms with Crippen LogP contribution < -0.4 is 0 Å². The lowest BCUT2D eigenvalue weighted by atomic mass is 10.1. The Morgan fingerprint density at radius 1 is 1.06 bits per heavy atom. The predicted molar refractivity (Wildman–Crippen MR) is 78.1 cm³/mol. The van der Waals surface area contributed by atoms with Gasteiger partial charge in [-0.2, -0.15) is 0 Å². The minimum absolute atomic E-state index is 0.00421. The zero-order valence-corrected chi connectivity index (χ0v) is 13.9. The van der Waals surface area contributed by atoms with E-state index in [1.54, 1.807) is 0 Å². The summed E-state index contributed by atoms with van der Waals surface area (Å²) < 4.78 is 0. The molecule has 1 atom stereocenters. The van der Waals surface area contributed by atoms with Crippen molar-refractivity contribution in [2.75, 3.05) is 27.2 Å². The maximum Gasteiger partial charge on any atom is 0.0639 e. The number of hydrogen-bond acceptors (Lipinski definition) is 2. The normalized spacial score (nSPS) is 15.6. The highest BCUT2D eigenvalue weighted by Crippen LogP contribution is 2.34. The van der Waals surface area contributed by atoms with E-state index >= 15 is 0 Å². The topological polar surface area (TPSA) is 6.48 Å². The van der Waals surface area contributed by atoms with Crippen LogP contribution in [0.2, 0.25) is 11.1 Å². The lowest BCUT2D eigenvalue weighted by Gasteiger charge is -2.45. The summed E-state index contributed by atoms with van der Waals surface area (Å²) in [4.78, 5) is 5.01. The van der Waals surface area contributed by atoms with Gasteiger partial charge in [0.25, 0.3) is 0 Å². The van der Waals surface area contributed by atoms with Crippen LogP contribution in [-0.2, 0) is 0 Å². The minimum atomic E-state index is 0.00421. The summed E-state index contributed by atoms with van der Waals surface area (Å²) in [6.45, 7) is 14.1. The van der Waals surface area contributed by atoms with Crippen molar-refractivity contribution in [1.82, 2.24) is 9.80 Å². The molecular weight excluding hydrogens is 212 g/mol. The summed E-state index contributed by atoms with van der Waals surface area (Å²) in [5.74, 6) is 0. The summed E-state index contributed by atoms with van der Waals surface area (Å²) in [6, 6.07) is 1.47. The maximum atomic E-state index is 2.60. The first kappa shape index (κ1) is 16.1. The molecule has 0 aromatic rings. The van der Waals surface area contributed by atoms with Crippen molar-refractivity contribution in [2.45, 2.75) is 58.3 Å². The van der Waals surface area contributed by atoms with E-state index in [4.69, 9.17) is 0 Å². The summed E-state index contributed by atoms with van der Waals surface area (Å²) in [5, 5.41) is 0.505. The van der Waals surface area contributed by atoms with Gasteiger partial charge in [-0.3, -0.25) is 9.80 Å². The van der Waals surface area contributed by atoms with E-state index in [9.17, 15) is 0 Å². The fraction of sp³-hybridized carbons (Fsp3) is 1.00. The highest BCUT2D eigenvalue weighted by atomic mass is 28.2. The predicted octanol–water partition coefficient (Wildman–Crippen LogP) is 2.41. The molecule has 0 N–H and O–H groups in total. The standard InChI is InChI=1S/C13H32N2Si/c1-8-11-16-13(4,5)12(14(6)7)15(9-2)10-3/h12H,8-11,16H2,1-7H3. The fourth-order valence-corrected chi connectivity index (χ4v) is 5.00. The number of hydrogen-bond donors (Lipinski definition) is 0. The molecule has 1 unspecified atom stereocenters. The Morgan fingerprint density at radius 2 is 1.56 bits per heavy atom. The molecule has 16 heavy (non-hydrogen) atoms. The average molecular weight is 244 g/mol. The summed E-state index contributed by atoms with van der Waals surface area (Å²) in [6.07, 6.45) is 1.97. The van der Waals surface area contributed by atoms with Crippen LogP contribution >= 0.6 is 0 Å². The molecule has 0 radical (unpaired) electrons. The second-order valence-electron chi connectivity index (χ2n) is 5.65. The molecule has 0 rings (SSSR count). The van der Waals surface area contributed by atoms with E-state index in [1.807, 2.05) is 0 Å². The van der Waals surface area contributed by atoms with E-state index < -0.39 is 0 Å². The van der Waals surface area contributed by atoms with Crippen LogP contribution in [0.15, 0.2) is 0 Å². The fourth-order valence-electron chi connectivity index (χ4n) is 2.85. The molecule has 0 aromatic carbocycles. The van der Waals surface area contributed by atoms with Crippen molar-refractivity contribution in [3.63, 3.8) is 0 Å². The van der Waals surface area contributed by atoms with Crippen LogP contribution in [0, 0.1) is 0 Å². The molecule has 0 saturated carbocycles. The second-order valence-corrected chi connectivity index (χ2v) is 8.68. The molecule has 0 spiro atoms. The maximum absolute atomic E-state index is 2.60. The van der Waals surface area contributed by atoms with Crippen LogP contribution in [0.1, 0.15) is 41.0 Å². The highest BCUT2D eigenvalue weighted by Gasteiger charge is 2.34. The first-order chi connectivity index (χ1) is 7.40. The molecule has 3 heteroatoms. The quantitative estimate of drug-likeness (QED) is 0.478. The van der Waals surface area contributed by atoms with Gasteiger partial charge in [0.05, 0.1) is 6.17 Å². The molecule has 0 aromatic heterocycles. The van der Waals surface area contributed by atoms with Gasteiger partial charge in [0, 0.05) is 9.52 Å². The highest BCUT2D eigenvalue weighted by molar-refractivity contribution is 6.40. The molecule has 98 valence electrons. The lowest BCUT2D eigenvalue weighted by Crippen LogP contribution is -2.52. The van der Waals surface area contributed by atoms with Crippen molar-refractivity contribution in [3.8, 4) is 0 Å². The van der Waals surface area contributed by atoms with E-state index in [0.717, 1.165) is 13.1 Å².